The first-order chi connectivity index (χ1) is 10.0. The Morgan fingerprint density at radius 1 is 1.38 bits per heavy atom. The molecule has 0 bridgehead atoms. The van der Waals surface area contributed by atoms with Crippen molar-refractivity contribution in [2.75, 3.05) is 24.5 Å². The molecule has 112 valence electrons. The molecule has 1 amide bonds. The minimum atomic E-state index is -0.923. The lowest BCUT2D eigenvalue weighted by molar-refractivity contribution is -0.126. The summed E-state index contributed by atoms with van der Waals surface area (Å²) >= 11 is 0. The van der Waals surface area contributed by atoms with Gasteiger partial charge in [-0.05, 0) is 56.5 Å². The molecule has 2 heterocycles. The highest BCUT2D eigenvalue weighted by molar-refractivity contribution is 5.99. The molecule has 0 aliphatic carbocycles. The van der Waals surface area contributed by atoms with Crippen molar-refractivity contribution in [3.05, 3.63) is 29.3 Å². The quantitative estimate of drug-likeness (QED) is 0.868. The van der Waals surface area contributed by atoms with Crippen molar-refractivity contribution in [3.63, 3.8) is 0 Å². The molecule has 5 nitrogen and oxygen atoms in total. The smallest absolute Gasteiger partial charge is 0.335 e. The van der Waals surface area contributed by atoms with Crippen LogP contribution in [0.15, 0.2) is 18.2 Å². The van der Waals surface area contributed by atoms with E-state index in [1.807, 2.05) is 11.8 Å². The van der Waals surface area contributed by atoms with Crippen molar-refractivity contribution in [2.45, 2.75) is 26.2 Å². The summed E-state index contributed by atoms with van der Waals surface area (Å²) in [5.41, 5.74) is 1.78. The summed E-state index contributed by atoms with van der Waals surface area (Å²) in [6.07, 6.45) is 2.56. The Bertz CT molecular complexity index is 591. The largest absolute Gasteiger partial charge is 0.478 e. The Balaban J connectivity index is 1.93. The van der Waals surface area contributed by atoms with Crippen LogP contribution >= 0.6 is 0 Å². The molecule has 0 saturated carbocycles. The molecule has 0 aromatic heterocycles. The lowest BCUT2D eigenvalue weighted by atomic mass is 9.86. The number of fused-ring (bicyclic) bond motifs is 1. The highest BCUT2D eigenvalue weighted by Gasteiger charge is 2.40. The molecule has 3 rings (SSSR count). The number of rotatable bonds is 2. The number of nitrogens with one attached hydrogen (secondary N) is 1. The zero-order chi connectivity index (χ0) is 15.0. The monoisotopic (exact) mass is 288 g/mol. The molecule has 2 N–H and O–H groups in total. The van der Waals surface area contributed by atoms with Gasteiger partial charge in [0.15, 0.2) is 0 Å². The van der Waals surface area contributed by atoms with Gasteiger partial charge in [0, 0.05) is 18.8 Å². The van der Waals surface area contributed by atoms with Crippen LogP contribution in [0.4, 0.5) is 5.69 Å². The van der Waals surface area contributed by atoms with Gasteiger partial charge in [-0.3, -0.25) is 4.79 Å². The summed E-state index contributed by atoms with van der Waals surface area (Å²) in [5.74, 6) is -0.773. The number of nitrogens with zero attached hydrogens (tertiary/aromatic N) is 1. The van der Waals surface area contributed by atoms with Crippen molar-refractivity contribution in [1.82, 2.24) is 5.32 Å². The third kappa shape index (κ3) is 2.42. The van der Waals surface area contributed by atoms with Crippen LogP contribution in [0.1, 0.15) is 35.7 Å². The molecule has 21 heavy (non-hydrogen) atoms. The number of anilines is 1. The van der Waals surface area contributed by atoms with Crippen LogP contribution in [0.2, 0.25) is 0 Å². The molecule has 1 saturated heterocycles. The maximum absolute atomic E-state index is 12.9. The van der Waals surface area contributed by atoms with Crippen LogP contribution in [-0.2, 0) is 11.2 Å². The van der Waals surface area contributed by atoms with Crippen molar-refractivity contribution < 1.29 is 14.7 Å². The van der Waals surface area contributed by atoms with Gasteiger partial charge in [-0.15, -0.1) is 0 Å². The molecule has 0 spiro atoms. The normalized spacial score (nSPS) is 24.7. The molecule has 1 unspecified atom stereocenters. The van der Waals surface area contributed by atoms with Crippen molar-refractivity contribution in [1.29, 1.82) is 0 Å². The van der Waals surface area contributed by atoms with E-state index < -0.39 is 5.97 Å². The van der Waals surface area contributed by atoms with E-state index in [1.165, 1.54) is 0 Å². The zero-order valence-electron chi connectivity index (χ0n) is 12.2. The van der Waals surface area contributed by atoms with E-state index in [9.17, 15) is 9.59 Å². The second-order valence-corrected chi connectivity index (χ2v) is 6.20. The third-order valence-electron chi connectivity index (χ3n) is 4.58. The van der Waals surface area contributed by atoms with Gasteiger partial charge in [0.1, 0.15) is 0 Å². The summed E-state index contributed by atoms with van der Waals surface area (Å²) in [7, 11) is 0. The second kappa shape index (κ2) is 5.15. The lowest BCUT2D eigenvalue weighted by Gasteiger charge is -2.35. The molecule has 2 aliphatic rings. The summed E-state index contributed by atoms with van der Waals surface area (Å²) in [5, 5.41) is 12.3. The van der Waals surface area contributed by atoms with E-state index in [0.29, 0.717) is 13.1 Å². The van der Waals surface area contributed by atoms with Crippen molar-refractivity contribution >= 4 is 17.6 Å². The number of hydrogen-bond acceptors (Lipinski definition) is 3. The first-order valence-electron chi connectivity index (χ1n) is 7.40. The average molecular weight is 288 g/mol. The fraction of sp³-hybridized carbons (Fsp3) is 0.500. The van der Waals surface area contributed by atoms with Gasteiger partial charge in [-0.25, -0.2) is 4.79 Å². The van der Waals surface area contributed by atoms with Gasteiger partial charge < -0.3 is 15.3 Å². The van der Waals surface area contributed by atoms with Gasteiger partial charge in [0.25, 0.3) is 0 Å². The fourth-order valence-electron chi connectivity index (χ4n) is 3.27. The van der Waals surface area contributed by atoms with E-state index >= 15 is 0 Å². The molecule has 1 fully saturated rings. The maximum Gasteiger partial charge on any atom is 0.335 e. The minimum absolute atomic E-state index is 0.150. The number of benzene rings is 1. The summed E-state index contributed by atoms with van der Waals surface area (Å²) < 4.78 is 0. The highest BCUT2D eigenvalue weighted by Crippen LogP contribution is 2.34. The molecule has 1 aromatic rings. The lowest BCUT2D eigenvalue weighted by Crippen LogP contribution is -2.46. The number of carboxylic acids is 1. The molecule has 0 radical (unpaired) electrons. The second-order valence-electron chi connectivity index (χ2n) is 6.20. The average Bonchev–Trinajstić information content (AvgIpc) is 2.93. The molecular weight excluding hydrogens is 268 g/mol. The predicted octanol–water partition coefficient (Wildman–Crippen LogP) is 1.66. The predicted molar refractivity (Wildman–Crippen MR) is 79.7 cm³/mol. The van der Waals surface area contributed by atoms with E-state index in [2.05, 4.69) is 5.32 Å². The van der Waals surface area contributed by atoms with Gasteiger partial charge in [-0.2, -0.15) is 0 Å². The van der Waals surface area contributed by atoms with Crippen LogP contribution < -0.4 is 10.2 Å². The summed E-state index contributed by atoms with van der Waals surface area (Å²) in [4.78, 5) is 25.8. The number of carbonyl (C=O) groups excluding carboxylic acids is 1. The first kappa shape index (κ1) is 14.1. The van der Waals surface area contributed by atoms with Gasteiger partial charge in [0.05, 0.1) is 11.0 Å². The third-order valence-corrected chi connectivity index (χ3v) is 4.58. The van der Waals surface area contributed by atoms with Gasteiger partial charge in [0.2, 0.25) is 5.91 Å². The SMILES string of the molecule is CC1(C(=O)N2CCCc3cc(C(=O)O)ccc32)CCNC1. The van der Waals surface area contributed by atoms with Crippen LogP contribution in [0.5, 0.6) is 0 Å². The summed E-state index contributed by atoms with van der Waals surface area (Å²) in [6.45, 7) is 4.31. The maximum atomic E-state index is 12.9. The molecule has 1 atom stereocenters. The number of carboxylic acid groups (broad SMARTS) is 1. The standard InChI is InChI=1S/C16H20N2O3/c1-16(6-7-17-10-16)15(21)18-8-2-3-11-9-12(14(19)20)4-5-13(11)18/h4-5,9,17H,2-3,6-8,10H2,1H3,(H,19,20). The Morgan fingerprint density at radius 2 is 2.19 bits per heavy atom. The van der Waals surface area contributed by atoms with E-state index in [0.717, 1.165) is 37.1 Å². The van der Waals surface area contributed by atoms with Crippen molar-refractivity contribution in [2.24, 2.45) is 5.41 Å². The minimum Gasteiger partial charge on any atom is -0.478 e. The number of amides is 1. The molecule has 5 heteroatoms. The van der Waals surface area contributed by atoms with Crippen LogP contribution in [0.25, 0.3) is 0 Å². The number of aryl methyl sites for hydroxylation is 1. The number of carbonyl (C=O) groups is 2. The first-order valence-corrected chi connectivity index (χ1v) is 7.40. The summed E-state index contributed by atoms with van der Waals surface area (Å²) in [6, 6.07) is 5.07. The van der Waals surface area contributed by atoms with Crippen LogP contribution in [-0.4, -0.2) is 36.6 Å². The molecular formula is C16H20N2O3. The Labute approximate surface area is 123 Å². The Hall–Kier alpha value is -1.88. The Morgan fingerprint density at radius 3 is 2.86 bits per heavy atom. The molecule has 2 aliphatic heterocycles. The van der Waals surface area contributed by atoms with Gasteiger partial charge in [-0.1, -0.05) is 0 Å². The highest BCUT2D eigenvalue weighted by atomic mass is 16.4. The van der Waals surface area contributed by atoms with E-state index in [4.69, 9.17) is 5.11 Å². The number of aromatic carboxylic acids is 1. The van der Waals surface area contributed by atoms with Crippen molar-refractivity contribution in [3.8, 4) is 0 Å². The Kier molecular flexibility index (Phi) is 3.45. The van der Waals surface area contributed by atoms with Gasteiger partial charge >= 0.3 is 5.97 Å². The van der Waals surface area contributed by atoms with Crippen LogP contribution in [0.3, 0.4) is 0 Å². The van der Waals surface area contributed by atoms with E-state index in [-0.39, 0.29) is 16.9 Å². The number of hydrogen-bond donors (Lipinski definition) is 2. The zero-order valence-corrected chi connectivity index (χ0v) is 12.2. The van der Waals surface area contributed by atoms with Crippen LogP contribution in [0, 0.1) is 5.41 Å². The topological polar surface area (TPSA) is 69.6 Å². The molecule has 1 aromatic carbocycles. The fourth-order valence-corrected chi connectivity index (χ4v) is 3.27. The van der Waals surface area contributed by atoms with E-state index in [1.54, 1.807) is 18.2 Å².